The monoisotopic (exact) mass is 226 g/mol. The van der Waals surface area contributed by atoms with Gasteiger partial charge < -0.3 is 4.74 Å². The molecule has 2 heteroatoms. The van der Waals surface area contributed by atoms with Crippen LogP contribution in [0.15, 0.2) is 0 Å². The van der Waals surface area contributed by atoms with Gasteiger partial charge in [-0.3, -0.25) is 4.79 Å². The van der Waals surface area contributed by atoms with E-state index in [4.69, 9.17) is 4.74 Å². The van der Waals surface area contributed by atoms with E-state index < -0.39 is 0 Å². The van der Waals surface area contributed by atoms with Crippen molar-refractivity contribution in [2.45, 2.75) is 77.7 Å². The fraction of sp³-hybridized carbons (Fsp3) is 0.929. The van der Waals surface area contributed by atoms with Crippen molar-refractivity contribution in [3.63, 3.8) is 0 Å². The van der Waals surface area contributed by atoms with E-state index in [2.05, 4.69) is 6.92 Å². The van der Waals surface area contributed by atoms with Gasteiger partial charge in [-0.1, -0.05) is 33.6 Å². The Labute approximate surface area is 99.8 Å². The molecule has 0 radical (unpaired) electrons. The standard InChI is InChI=1S/C14H26O2/c1-4-12(3)13(15)16-14(5-2)10-8-6-7-9-11-14/h12H,4-11H2,1-3H3. The molecule has 2 nitrogen and oxygen atoms in total. The molecule has 0 heterocycles. The van der Waals surface area contributed by atoms with Gasteiger partial charge >= 0.3 is 5.97 Å². The van der Waals surface area contributed by atoms with Crippen LogP contribution in [0, 0.1) is 5.92 Å². The van der Waals surface area contributed by atoms with E-state index in [1.165, 1.54) is 25.7 Å². The molecule has 94 valence electrons. The van der Waals surface area contributed by atoms with E-state index in [1.807, 2.05) is 13.8 Å². The van der Waals surface area contributed by atoms with Crippen LogP contribution in [0.4, 0.5) is 0 Å². The van der Waals surface area contributed by atoms with E-state index in [0.29, 0.717) is 0 Å². The van der Waals surface area contributed by atoms with Crippen molar-refractivity contribution < 1.29 is 9.53 Å². The van der Waals surface area contributed by atoms with Crippen LogP contribution >= 0.6 is 0 Å². The molecule has 0 amide bonds. The van der Waals surface area contributed by atoms with Crippen LogP contribution in [-0.4, -0.2) is 11.6 Å². The molecule has 0 aromatic carbocycles. The van der Waals surface area contributed by atoms with Crippen LogP contribution in [0.2, 0.25) is 0 Å². The lowest BCUT2D eigenvalue weighted by molar-refractivity contribution is -0.166. The van der Waals surface area contributed by atoms with Gasteiger partial charge in [0.05, 0.1) is 5.92 Å². The zero-order valence-electron chi connectivity index (χ0n) is 11.1. The molecule has 1 fully saturated rings. The number of hydrogen-bond acceptors (Lipinski definition) is 2. The zero-order valence-corrected chi connectivity index (χ0v) is 11.1. The summed E-state index contributed by atoms with van der Waals surface area (Å²) in [5.74, 6) is 0.0536. The van der Waals surface area contributed by atoms with Crippen LogP contribution < -0.4 is 0 Å². The number of carbonyl (C=O) groups is 1. The quantitative estimate of drug-likeness (QED) is 0.533. The maximum atomic E-state index is 11.9. The summed E-state index contributed by atoms with van der Waals surface area (Å²) in [5, 5.41) is 0. The Morgan fingerprint density at radius 3 is 2.19 bits per heavy atom. The summed E-state index contributed by atoms with van der Waals surface area (Å²) in [4.78, 5) is 11.9. The molecule has 1 saturated carbocycles. The van der Waals surface area contributed by atoms with Crippen molar-refractivity contribution >= 4 is 5.97 Å². The average Bonchev–Trinajstić information content (AvgIpc) is 2.54. The topological polar surface area (TPSA) is 26.3 Å². The second-order valence-electron chi connectivity index (χ2n) is 5.18. The predicted molar refractivity (Wildman–Crippen MR) is 66.3 cm³/mol. The van der Waals surface area contributed by atoms with Gasteiger partial charge in [0, 0.05) is 0 Å². The lowest BCUT2D eigenvalue weighted by atomic mass is 9.91. The first kappa shape index (κ1) is 13.5. The minimum absolute atomic E-state index is 0.00579. The van der Waals surface area contributed by atoms with E-state index in [1.54, 1.807) is 0 Å². The summed E-state index contributed by atoms with van der Waals surface area (Å²) >= 11 is 0. The number of ether oxygens (including phenoxy) is 1. The van der Waals surface area contributed by atoms with E-state index in [9.17, 15) is 4.79 Å². The minimum atomic E-state index is -0.142. The highest BCUT2D eigenvalue weighted by molar-refractivity contribution is 5.72. The lowest BCUT2D eigenvalue weighted by Gasteiger charge is -2.32. The third-order valence-electron chi connectivity index (χ3n) is 3.99. The molecule has 0 aliphatic heterocycles. The van der Waals surface area contributed by atoms with Crippen LogP contribution in [-0.2, 0) is 9.53 Å². The van der Waals surface area contributed by atoms with Crippen molar-refractivity contribution in [2.75, 3.05) is 0 Å². The van der Waals surface area contributed by atoms with Crippen LogP contribution in [0.5, 0.6) is 0 Å². The van der Waals surface area contributed by atoms with Gasteiger partial charge in [0.1, 0.15) is 5.60 Å². The van der Waals surface area contributed by atoms with Gasteiger partial charge in [-0.15, -0.1) is 0 Å². The Morgan fingerprint density at radius 1 is 1.19 bits per heavy atom. The first-order valence-electron chi connectivity index (χ1n) is 6.86. The lowest BCUT2D eigenvalue weighted by Crippen LogP contribution is -2.35. The van der Waals surface area contributed by atoms with Gasteiger partial charge in [0.15, 0.2) is 0 Å². The van der Waals surface area contributed by atoms with Gasteiger partial charge in [-0.05, 0) is 38.5 Å². The molecule has 1 aliphatic rings. The molecule has 0 saturated heterocycles. The molecule has 1 rings (SSSR count). The molecule has 0 bridgehead atoms. The third-order valence-corrected chi connectivity index (χ3v) is 3.99. The van der Waals surface area contributed by atoms with E-state index in [0.717, 1.165) is 25.7 Å². The van der Waals surface area contributed by atoms with Crippen molar-refractivity contribution in [1.82, 2.24) is 0 Å². The summed E-state index contributed by atoms with van der Waals surface area (Å²) in [6, 6.07) is 0. The van der Waals surface area contributed by atoms with Crippen LogP contribution in [0.3, 0.4) is 0 Å². The fourth-order valence-corrected chi connectivity index (χ4v) is 2.38. The first-order chi connectivity index (χ1) is 7.63. The Balaban J connectivity index is 2.60. The maximum absolute atomic E-state index is 11.9. The number of esters is 1. The Morgan fingerprint density at radius 2 is 1.75 bits per heavy atom. The summed E-state index contributed by atoms with van der Waals surface area (Å²) in [6.45, 7) is 6.15. The van der Waals surface area contributed by atoms with E-state index >= 15 is 0 Å². The van der Waals surface area contributed by atoms with Crippen molar-refractivity contribution in [3.8, 4) is 0 Å². The average molecular weight is 226 g/mol. The number of rotatable bonds is 4. The molecule has 1 aliphatic carbocycles. The highest BCUT2D eigenvalue weighted by Crippen LogP contribution is 2.34. The van der Waals surface area contributed by atoms with Crippen LogP contribution in [0.1, 0.15) is 72.1 Å². The summed E-state index contributed by atoms with van der Waals surface area (Å²) in [5.41, 5.74) is -0.142. The van der Waals surface area contributed by atoms with Gasteiger partial charge in [0.2, 0.25) is 0 Å². The minimum Gasteiger partial charge on any atom is -0.459 e. The van der Waals surface area contributed by atoms with Crippen LogP contribution in [0.25, 0.3) is 0 Å². The second-order valence-corrected chi connectivity index (χ2v) is 5.18. The van der Waals surface area contributed by atoms with E-state index in [-0.39, 0.29) is 17.5 Å². The summed E-state index contributed by atoms with van der Waals surface area (Å²) < 4.78 is 5.82. The fourth-order valence-electron chi connectivity index (χ4n) is 2.38. The van der Waals surface area contributed by atoms with Gasteiger partial charge in [-0.25, -0.2) is 0 Å². The predicted octanol–water partition coefficient (Wildman–Crippen LogP) is 4.08. The smallest absolute Gasteiger partial charge is 0.309 e. The summed E-state index contributed by atoms with van der Waals surface area (Å²) in [7, 11) is 0. The maximum Gasteiger partial charge on any atom is 0.309 e. The van der Waals surface area contributed by atoms with Gasteiger partial charge in [0.25, 0.3) is 0 Å². The first-order valence-corrected chi connectivity index (χ1v) is 6.86. The largest absolute Gasteiger partial charge is 0.459 e. The number of carbonyl (C=O) groups excluding carboxylic acids is 1. The second kappa shape index (κ2) is 6.27. The van der Waals surface area contributed by atoms with Crippen molar-refractivity contribution in [2.24, 2.45) is 5.92 Å². The summed E-state index contributed by atoms with van der Waals surface area (Å²) in [6.07, 6.45) is 8.97. The SMILES string of the molecule is CCC(C)C(=O)OC1(CC)CCCCCC1. The molecule has 0 spiro atoms. The Kier molecular flexibility index (Phi) is 5.30. The molecule has 1 unspecified atom stereocenters. The zero-order chi connectivity index (χ0) is 12.0. The number of hydrogen-bond donors (Lipinski definition) is 0. The van der Waals surface area contributed by atoms with Gasteiger partial charge in [-0.2, -0.15) is 0 Å². The molecule has 1 atom stereocenters. The Bertz CT molecular complexity index is 215. The highest BCUT2D eigenvalue weighted by atomic mass is 16.6. The van der Waals surface area contributed by atoms with Crippen molar-refractivity contribution in [1.29, 1.82) is 0 Å². The molecular formula is C14H26O2. The molecule has 0 aromatic heterocycles. The molecule has 16 heavy (non-hydrogen) atoms. The third kappa shape index (κ3) is 3.50. The Hall–Kier alpha value is -0.530. The van der Waals surface area contributed by atoms with Crippen molar-refractivity contribution in [3.05, 3.63) is 0 Å². The molecule has 0 aromatic rings. The molecule has 0 N–H and O–H groups in total. The molecular weight excluding hydrogens is 200 g/mol. The highest BCUT2D eigenvalue weighted by Gasteiger charge is 2.33. The normalized spacial score (nSPS) is 22.2.